The molecule has 0 radical (unpaired) electrons. The van der Waals surface area contributed by atoms with Crippen LogP contribution in [0.2, 0.25) is 0 Å². The Morgan fingerprint density at radius 2 is 1.96 bits per heavy atom. The Balaban J connectivity index is 1.45. The molecule has 1 aromatic carbocycles. The number of anilines is 1. The largest absolute Gasteiger partial charge is 0.378 e. The number of nitrogens with zero attached hydrogens (tertiary/aromatic N) is 2. The van der Waals surface area contributed by atoms with E-state index in [-0.39, 0.29) is 23.6 Å². The van der Waals surface area contributed by atoms with E-state index in [2.05, 4.69) is 5.32 Å². The molecule has 0 saturated carbocycles. The maximum Gasteiger partial charge on any atom is 0.253 e. The molecule has 144 valence electrons. The fourth-order valence-corrected chi connectivity index (χ4v) is 4.59. The summed E-state index contributed by atoms with van der Waals surface area (Å²) in [7, 11) is 0. The fraction of sp³-hybridized carbons (Fsp3) is 0.526. The maximum absolute atomic E-state index is 13.0. The van der Waals surface area contributed by atoms with E-state index < -0.39 is 0 Å². The molecule has 1 aromatic rings. The van der Waals surface area contributed by atoms with Gasteiger partial charge in [0.2, 0.25) is 11.8 Å². The number of amides is 3. The fourth-order valence-electron chi connectivity index (χ4n) is 3.80. The van der Waals surface area contributed by atoms with Crippen LogP contribution in [0.15, 0.2) is 23.1 Å². The number of nitrogens with one attached hydrogen (secondary N) is 1. The molecule has 3 amide bonds. The molecular formula is C19H23N3O4S. The monoisotopic (exact) mass is 389 g/mol. The number of likely N-dealkylation sites (tertiary alicyclic amines) is 1. The molecule has 1 unspecified atom stereocenters. The number of morpholine rings is 1. The van der Waals surface area contributed by atoms with Crippen LogP contribution < -0.4 is 5.32 Å². The van der Waals surface area contributed by atoms with Gasteiger partial charge in [0.05, 0.1) is 30.6 Å². The van der Waals surface area contributed by atoms with Crippen LogP contribution in [0.1, 0.15) is 23.2 Å². The number of piperidine rings is 1. The van der Waals surface area contributed by atoms with E-state index in [1.54, 1.807) is 17.0 Å². The Hall–Kier alpha value is -2.06. The van der Waals surface area contributed by atoms with Crippen molar-refractivity contribution < 1.29 is 19.1 Å². The SMILES string of the molecule is O=C1CSc2ccc(C(=O)N3CCCC(C(=O)N4CCOCC4)C3)cc2N1. The van der Waals surface area contributed by atoms with Gasteiger partial charge in [-0.05, 0) is 31.0 Å². The molecule has 27 heavy (non-hydrogen) atoms. The second-order valence-corrected chi connectivity index (χ2v) is 8.09. The summed E-state index contributed by atoms with van der Waals surface area (Å²) in [6, 6.07) is 5.43. The van der Waals surface area contributed by atoms with Gasteiger partial charge in [-0.1, -0.05) is 0 Å². The lowest BCUT2D eigenvalue weighted by atomic mass is 9.95. The summed E-state index contributed by atoms with van der Waals surface area (Å²) in [5.41, 5.74) is 1.25. The summed E-state index contributed by atoms with van der Waals surface area (Å²) in [4.78, 5) is 41.9. The first-order chi connectivity index (χ1) is 13.1. The van der Waals surface area contributed by atoms with E-state index in [1.807, 2.05) is 11.0 Å². The molecule has 0 aliphatic carbocycles. The average Bonchev–Trinajstić information content (AvgIpc) is 2.73. The highest BCUT2D eigenvalue weighted by atomic mass is 32.2. The van der Waals surface area contributed by atoms with Crippen LogP contribution >= 0.6 is 11.8 Å². The summed E-state index contributed by atoms with van der Waals surface area (Å²) >= 11 is 1.48. The van der Waals surface area contributed by atoms with Crippen molar-refractivity contribution in [3.8, 4) is 0 Å². The normalized spacial score (nSPS) is 22.8. The van der Waals surface area contributed by atoms with Crippen molar-refractivity contribution in [3.63, 3.8) is 0 Å². The first-order valence-corrected chi connectivity index (χ1v) is 10.3. The second kappa shape index (κ2) is 7.90. The zero-order valence-corrected chi connectivity index (χ0v) is 15.9. The number of thioether (sulfide) groups is 1. The van der Waals surface area contributed by atoms with Crippen molar-refractivity contribution in [2.24, 2.45) is 5.92 Å². The highest BCUT2D eigenvalue weighted by Crippen LogP contribution is 2.32. The van der Waals surface area contributed by atoms with E-state index in [0.717, 1.165) is 17.7 Å². The van der Waals surface area contributed by atoms with Crippen molar-refractivity contribution in [3.05, 3.63) is 23.8 Å². The van der Waals surface area contributed by atoms with Crippen LogP contribution in [-0.4, -0.2) is 72.7 Å². The van der Waals surface area contributed by atoms with E-state index in [4.69, 9.17) is 4.74 Å². The molecule has 0 bridgehead atoms. The van der Waals surface area contributed by atoms with E-state index >= 15 is 0 Å². The Morgan fingerprint density at radius 3 is 2.78 bits per heavy atom. The predicted octanol–water partition coefficient (Wildman–Crippen LogP) is 1.44. The van der Waals surface area contributed by atoms with E-state index in [1.165, 1.54) is 11.8 Å². The quantitative estimate of drug-likeness (QED) is 0.828. The first-order valence-electron chi connectivity index (χ1n) is 9.34. The second-order valence-electron chi connectivity index (χ2n) is 7.08. The van der Waals surface area contributed by atoms with Gasteiger partial charge in [0.25, 0.3) is 5.91 Å². The number of fused-ring (bicyclic) bond motifs is 1. The Kier molecular flexibility index (Phi) is 5.36. The van der Waals surface area contributed by atoms with Crippen LogP contribution in [0, 0.1) is 5.92 Å². The highest BCUT2D eigenvalue weighted by Gasteiger charge is 2.32. The molecule has 8 heteroatoms. The minimum atomic E-state index is -0.145. The Labute approximate surface area is 162 Å². The molecule has 3 aliphatic rings. The number of hydrogen-bond donors (Lipinski definition) is 1. The Bertz CT molecular complexity index is 763. The lowest BCUT2D eigenvalue weighted by Gasteiger charge is -2.36. The molecule has 0 aromatic heterocycles. The van der Waals surface area contributed by atoms with Gasteiger partial charge >= 0.3 is 0 Å². The van der Waals surface area contributed by atoms with Gasteiger partial charge in [-0.15, -0.1) is 11.8 Å². The molecule has 2 fully saturated rings. The van der Waals surface area contributed by atoms with Crippen LogP contribution in [-0.2, 0) is 14.3 Å². The molecule has 1 atom stereocenters. The number of ether oxygens (including phenoxy) is 1. The summed E-state index contributed by atoms with van der Waals surface area (Å²) in [6.07, 6.45) is 1.64. The van der Waals surface area contributed by atoms with Gasteiger partial charge in [0.15, 0.2) is 0 Å². The van der Waals surface area contributed by atoms with Crippen LogP contribution in [0.5, 0.6) is 0 Å². The zero-order chi connectivity index (χ0) is 18.8. The van der Waals surface area contributed by atoms with Crippen molar-refractivity contribution in [2.45, 2.75) is 17.7 Å². The van der Waals surface area contributed by atoms with Gasteiger partial charge in [-0.2, -0.15) is 0 Å². The van der Waals surface area contributed by atoms with Crippen molar-refractivity contribution in [1.82, 2.24) is 9.80 Å². The third-order valence-corrected chi connectivity index (χ3v) is 6.31. The van der Waals surface area contributed by atoms with E-state index in [0.29, 0.717) is 56.4 Å². The molecule has 3 aliphatic heterocycles. The summed E-state index contributed by atoms with van der Waals surface area (Å²) in [5.74, 6) is 0.254. The number of rotatable bonds is 2. The van der Waals surface area contributed by atoms with Crippen LogP contribution in [0.25, 0.3) is 0 Å². The average molecular weight is 389 g/mol. The van der Waals surface area contributed by atoms with Crippen LogP contribution in [0.3, 0.4) is 0 Å². The van der Waals surface area contributed by atoms with Crippen LogP contribution in [0.4, 0.5) is 5.69 Å². The molecule has 0 spiro atoms. The smallest absolute Gasteiger partial charge is 0.253 e. The lowest BCUT2D eigenvalue weighted by Crippen LogP contribution is -2.49. The number of benzene rings is 1. The third kappa shape index (κ3) is 3.96. The van der Waals surface area contributed by atoms with Gasteiger partial charge in [0.1, 0.15) is 0 Å². The predicted molar refractivity (Wildman–Crippen MR) is 102 cm³/mol. The van der Waals surface area contributed by atoms with Gasteiger partial charge in [-0.3, -0.25) is 14.4 Å². The molecule has 7 nitrogen and oxygen atoms in total. The molecule has 3 heterocycles. The number of carbonyl (C=O) groups is 3. The van der Waals surface area contributed by atoms with Gasteiger partial charge in [-0.25, -0.2) is 0 Å². The summed E-state index contributed by atoms with van der Waals surface area (Å²) in [6.45, 7) is 3.54. The zero-order valence-electron chi connectivity index (χ0n) is 15.1. The lowest BCUT2D eigenvalue weighted by molar-refractivity contribution is -0.141. The molecule has 4 rings (SSSR count). The first kappa shape index (κ1) is 18.3. The summed E-state index contributed by atoms with van der Waals surface area (Å²) in [5, 5.41) is 2.82. The van der Waals surface area contributed by atoms with E-state index in [9.17, 15) is 14.4 Å². The number of hydrogen-bond acceptors (Lipinski definition) is 5. The minimum Gasteiger partial charge on any atom is -0.378 e. The Morgan fingerprint density at radius 1 is 1.15 bits per heavy atom. The van der Waals surface area contributed by atoms with Crippen molar-refractivity contribution >= 4 is 35.2 Å². The standard InChI is InChI=1S/C19H23N3O4S/c23-17-12-27-16-4-3-13(10-15(16)20-17)18(24)22-5-1-2-14(11-22)19(25)21-6-8-26-9-7-21/h3-4,10,14H,1-2,5-9,11-12H2,(H,20,23). The minimum absolute atomic E-state index is 0.0498. The van der Waals surface area contributed by atoms with Crippen molar-refractivity contribution in [1.29, 1.82) is 0 Å². The summed E-state index contributed by atoms with van der Waals surface area (Å²) < 4.78 is 5.32. The third-order valence-electron chi connectivity index (χ3n) is 5.24. The molecular weight excluding hydrogens is 366 g/mol. The topological polar surface area (TPSA) is 79.0 Å². The van der Waals surface area contributed by atoms with Crippen molar-refractivity contribution in [2.75, 3.05) is 50.5 Å². The molecule has 1 N–H and O–H groups in total. The van der Waals surface area contributed by atoms with Gasteiger partial charge < -0.3 is 19.9 Å². The highest BCUT2D eigenvalue weighted by molar-refractivity contribution is 8.00. The number of carbonyl (C=O) groups excluding carboxylic acids is 3. The molecule has 2 saturated heterocycles. The van der Waals surface area contributed by atoms with Gasteiger partial charge in [0, 0.05) is 36.6 Å². The maximum atomic E-state index is 13.0.